The highest BCUT2D eigenvalue weighted by atomic mass is 16.2. The monoisotopic (exact) mass is 461 g/mol. The SMILES string of the molecule is O=C(CN1CCN(CN2C(=O)NC(Cc3ccccc3)(c3ccccc3)C2=O)CC1)NC1CC1. The Morgan fingerprint density at radius 1 is 0.912 bits per heavy atom. The van der Waals surface area contributed by atoms with Gasteiger partial charge in [0.15, 0.2) is 5.54 Å². The highest BCUT2D eigenvalue weighted by molar-refractivity contribution is 6.07. The van der Waals surface area contributed by atoms with Gasteiger partial charge in [0.2, 0.25) is 5.91 Å². The fourth-order valence-electron chi connectivity index (χ4n) is 4.79. The van der Waals surface area contributed by atoms with Gasteiger partial charge in [0.1, 0.15) is 0 Å². The summed E-state index contributed by atoms with van der Waals surface area (Å²) in [5.74, 6) is -0.141. The largest absolute Gasteiger partial charge is 0.352 e. The molecule has 8 heteroatoms. The lowest BCUT2D eigenvalue weighted by atomic mass is 9.83. The van der Waals surface area contributed by atoms with Gasteiger partial charge in [-0.1, -0.05) is 60.7 Å². The van der Waals surface area contributed by atoms with Crippen molar-refractivity contribution in [3.8, 4) is 0 Å². The Balaban J connectivity index is 1.25. The van der Waals surface area contributed by atoms with Crippen LogP contribution in [0.15, 0.2) is 60.7 Å². The third kappa shape index (κ3) is 4.83. The van der Waals surface area contributed by atoms with Gasteiger partial charge in [-0.05, 0) is 24.0 Å². The normalized spacial score (nSPS) is 23.7. The van der Waals surface area contributed by atoms with Crippen molar-refractivity contribution in [1.82, 2.24) is 25.3 Å². The molecule has 0 spiro atoms. The highest BCUT2D eigenvalue weighted by Crippen LogP contribution is 2.33. The van der Waals surface area contributed by atoms with Gasteiger partial charge < -0.3 is 10.6 Å². The van der Waals surface area contributed by atoms with Gasteiger partial charge in [0, 0.05) is 38.6 Å². The molecule has 178 valence electrons. The zero-order valence-electron chi connectivity index (χ0n) is 19.3. The van der Waals surface area contributed by atoms with Crippen LogP contribution in [0.4, 0.5) is 4.79 Å². The lowest BCUT2D eigenvalue weighted by Crippen LogP contribution is -2.53. The van der Waals surface area contributed by atoms with E-state index in [1.54, 1.807) is 0 Å². The van der Waals surface area contributed by atoms with Gasteiger partial charge in [0.25, 0.3) is 5.91 Å². The number of piperazine rings is 1. The maximum Gasteiger partial charge on any atom is 0.326 e. The van der Waals surface area contributed by atoms with E-state index in [0.29, 0.717) is 32.1 Å². The van der Waals surface area contributed by atoms with Gasteiger partial charge in [-0.25, -0.2) is 9.69 Å². The number of rotatable bonds is 8. The molecule has 3 fully saturated rings. The first-order chi connectivity index (χ1) is 16.5. The Bertz CT molecular complexity index is 1030. The van der Waals surface area contributed by atoms with Crippen LogP contribution in [-0.4, -0.2) is 78.0 Å². The fraction of sp³-hybridized carbons (Fsp3) is 0.423. The molecule has 4 amide bonds. The second-order valence-electron chi connectivity index (χ2n) is 9.47. The second-order valence-corrected chi connectivity index (χ2v) is 9.47. The van der Waals surface area contributed by atoms with Crippen LogP contribution in [0.5, 0.6) is 0 Å². The number of nitrogens with one attached hydrogen (secondary N) is 2. The van der Waals surface area contributed by atoms with Crippen molar-refractivity contribution in [1.29, 1.82) is 0 Å². The van der Waals surface area contributed by atoms with Crippen LogP contribution < -0.4 is 10.6 Å². The first-order valence-electron chi connectivity index (χ1n) is 12.0. The lowest BCUT2D eigenvalue weighted by Gasteiger charge is -2.35. The number of urea groups is 1. The van der Waals surface area contributed by atoms with E-state index >= 15 is 0 Å². The van der Waals surface area contributed by atoms with Crippen molar-refractivity contribution < 1.29 is 14.4 Å². The van der Waals surface area contributed by atoms with E-state index in [-0.39, 0.29) is 24.5 Å². The van der Waals surface area contributed by atoms with Crippen molar-refractivity contribution in [2.75, 3.05) is 39.4 Å². The second kappa shape index (κ2) is 9.56. The molecule has 1 saturated carbocycles. The van der Waals surface area contributed by atoms with Crippen molar-refractivity contribution >= 4 is 17.8 Å². The number of carbonyl (C=O) groups excluding carboxylic acids is 3. The molecule has 0 aromatic heterocycles. The summed E-state index contributed by atoms with van der Waals surface area (Å²) < 4.78 is 0. The molecule has 0 bridgehead atoms. The maximum atomic E-state index is 13.8. The summed E-state index contributed by atoms with van der Waals surface area (Å²) in [6, 6.07) is 19.3. The minimum absolute atomic E-state index is 0.0820. The van der Waals surface area contributed by atoms with Crippen molar-refractivity contribution in [2.45, 2.75) is 30.8 Å². The van der Waals surface area contributed by atoms with E-state index < -0.39 is 5.54 Å². The molecule has 0 radical (unpaired) electrons. The van der Waals surface area contributed by atoms with Crippen molar-refractivity contribution in [3.05, 3.63) is 71.8 Å². The predicted molar refractivity (Wildman–Crippen MR) is 128 cm³/mol. The molecular weight excluding hydrogens is 430 g/mol. The standard InChI is InChI=1S/C26H31N5O3/c32-23(27-22-11-12-22)18-29-13-15-30(16-14-29)19-31-24(33)26(28-25(31)34,21-9-5-2-6-10-21)17-20-7-3-1-4-8-20/h1-10,22H,11-19H2,(H,27,32)(H,28,34). The van der Waals surface area contributed by atoms with E-state index in [1.165, 1.54) is 4.90 Å². The first kappa shape index (κ1) is 22.6. The van der Waals surface area contributed by atoms with E-state index in [0.717, 1.165) is 37.1 Å². The molecule has 2 N–H and O–H groups in total. The van der Waals surface area contributed by atoms with Gasteiger partial charge in [-0.2, -0.15) is 0 Å². The lowest BCUT2D eigenvalue weighted by molar-refractivity contribution is -0.133. The van der Waals surface area contributed by atoms with E-state index in [4.69, 9.17) is 0 Å². The van der Waals surface area contributed by atoms with Gasteiger partial charge in [0.05, 0.1) is 13.2 Å². The topological polar surface area (TPSA) is 85.0 Å². The third-order valence-corrected chi connectivity index (χ3v) is 6.87. The minimum atomic E-state index is -1.12. The average molecular weight is 462 g/mol. The molecule has 2 aromatic carbocycles. The van der Waals surface area contributed by atoms with Crippen molar-refractivity contribution in [2.24, 2.45) is 0 Å². The smallest absolute Gasteiger partial charge is 0.326 e. The van der Waals surface area contributed by atoms with Crippen LogP contribution >= 0.6 is 0 Å². The zero-order valence-corrected chi connectivity index (χ0v) is 19.3. The quantitative estimate of drug-likeness (QED) is 0.583. The Kier molecular flexibility index (Phi) is 6.34. The molecule has 2 aliphatic heterocycles. The molecule has 2 aromatic rings. The summed E-state index contributed by atoms with van der Waals surface area (Å²) in [7, 11) is 0. The number of imide groups is 1. The average Bonchev–Trinajstić information content (AvgIpc) is 3.63. The number of nitrogens with zero attached hydrogens (tertiary/aromatic N) is 3. The van der Waals surface area contributed by atoms with Crippen LogP contribution in [0.25, 0.3) is 0 Å². The van der Waals surface area contributed by atoms with Crippen molar-refractivity contribution in [3.63, 3.8) is 0 Å². The van der Waals surface area contributed by atoms with E-state index in [1.807, 2.05) is 60.7 Å². The summed E-state index contributed by atoms with van der Waals surface area (Å²) in [4.78, 5) is 44.5. The van der Waals surface area contributed by atoms with Crippen LogP contribution in [0.1, 0.15) is 24.0 Å². The zero-order chi connectivity index (χ0) is 23.5. The Labute approximate surface area is 199 Å². The molecular formula is C26H31N5O3. The molecule has 5 rings (SSSR count). The Hall–Kier alpha value is -3.23. The molecule has 1 atom stereocenters. The number of hydrogen-bond acceptors (Lipinski definition) is 5. The molecule has 34 heavy (non-hydrogen) atoms. The van der Waals surface area contributed by atoms with E-state index in [9.17, 15) is 14.4 Å². The highest BCUT2D eigenvalue weighted by Gasteiger charge is 2.52. The van der Waals surface area contributed by atoms with Crippen LogP contribution in [-0.2, 0) is 21.5 Å². The van der Waals surface area contributed by atoms with Gasteiger partial charge >= 0.3 is 6.03 Å². The molecule has 2 saturated heterocycles. The van der Waals surface area contributed by atoms with Crippen LogP contribution in [0.3, 0.4) is 0 Å². The fourth-order valence-corrected chi connectivity index (χ4v) is 4.79. The summed E-state index contributed by atoms with van der Waals surface area (Å²) in [5, 5.41) is 6.06. The molecule has 8 nitrogen and oxygen atoms in total. The molecule has 2 heterocycles. The van der Waals surface area contributed by atoms with Gasteiger partial charge in [-0.15, -0.1) is 0 Å². The summed E-state index contributed by atoms with van der Waals surface area (Å²) >= 11 is 0. The Morgan fingerprint density at radius 3 is 2.18 bits per heavy atom. The van der Waals surface area contributed by atoms with Gasteiger partial charge in [-0.3, -0.25) is 19.4 Å². The maximum absolute atomic E-state index is 13.8. The number of hydrogen-bond donors (Lipinski definition) is 2. The van der Waals surface area contributed by atoms with Crippen LogP contribution in [0, 0.1) is 0 Å². The third-order valence-electron chi connectivity index (χ3n) is 6.87. The molecule has 1 aliphatic carbocycles. The van der Waals surface area contributed by atoms with Crippen LogP contribution in [0.2, 0.25) is 0 Å². The Morgan fingerprint density at radius 2 is 1.53 bits per heavy atom. The number of benzene rings is 2. The molecule has 1 unspecified atom stereocenters. The minimum Gasteiger partial charge on any atom is -0.352 e. The summed E-state index contributed by atoms with van der Waals surface area (Å²) in [6.45, 7) is 3.51. The predicted octanol–water partition coefficient (Wildman–Crippen LogP) is 1.53. The number of amides is 4. The molecule has 3 aliphatic rings. The van der Waals surface area contributed by atoms with E-state index in [2.05, 4.69) is 20.4 Å². The summed E-state index contributed by atoms with van der Waals surface area (Å²) in [5.41, 5.74) is 0.647. The summed E-state index contributed by atoms with van der Waals surface area (Å²) in [6.07, 6.45) is 2.56. The number of carbonyl (C=O) groups is 3. The first-order valence-corrected chi connectivity index (χ1v) is 12.0.